The molecule has 5 nitrogen and oxygen atoms in total. The summed E-state index contributed by atoms with van der Waals surface area (Å²) in [6, 6.07) is 9.50. The molecular formula is C16H26N2O3. The summed E-state index contributed by atoms with van der Waals surface area (Å²) in [5, 5.41) is 11.8. The number of amides is 1. The third-order valence-electron chi connectivity index (χ3n) is 2.71. The molecule has 0 unspecified atom stereocenters. The van der Waals surface area contributed by atoms with Crippen molar-refractivity contribution in [2.45, 2.75) is 32.8 Å². The number of anilines is 1. The number of benzene rings is 1. The van der Waals surface area contributed by atoms with Crippen molar-refractivity contribution in [2.75, 3.05) is 31.1 Å². The minimum atomic E-state index is -0.515. The van der Waals surface area contributed by atoms with E-state index in [9.17, 15) is 4.79 Å². The second-order valence-corrected chi connectivity index (χ2v) is 5.79. The van der Waals surface area contributed by atoms with Crippen molar-refractivity contribution in [3.05, 3.63) is 30.3 Å². The molecule has 0 aromatic heterocycles. The number of hydrogen-bond donors (Lipinski definition) is 2. The summed E-state index contributed by atoms with van der Waals surface area (Å²) in [4.78, 5) is 14.0. The number of rotatable bonds is 7. The Bertz CT molecular complexity index is 415. The van der Waals surface area contributed by atoms with Gasteiger partial charge in [-0.1, -0.05) is 18.2 Å². The van der Waals surface area contributed by atoms with Crippen LogP contribution in [0.3, 0.4) is 0 Å². The molecule has 0 aliphatic heterocycles. The zero-order chi connectivity index (χ0) is 15.7. The predicted octanol–water partition coefficient (Wildman–Crippen LogP) is 2.40. The first-order valence-corrected chi connectivity index (χ1v) is 7.31. The standard InChI is InChI=1S/C16H26N2O3/c1-16(2,3)21-15(20)18(12-7-10-17-11-13-19)14-8-5-4-6-9-14/h4-6,8-9,17,19H,7,10-13H2,1-3H3. The summed E-state index contributed by atoms with van der Waals surface area (Å²) in [7, 11) is 0. The molecule has 0 saturated carbocycles. The minimum Gasteiger partial charge on any atom is -0.443 e. The normalized spacial score (nSPS) is 11.2. The Morgan fingerprint density at radius 2 is 1.90 bits per heavy atom. The Morgan fingerprint density at radius 1 is 1.24 bits per heavy atom. The minimum absolute atomic E-state index is 0.120. The van der Waals surface area contributed by atoms with E-state index >= 15 is 0 Å². The van der Waals surface area contributed by atoms with Gasteiger partial charge >= 0.3 is 6.09 Å². The van der Waals surface area contributed by atoms with Crippen LogP contribution in [0, 0.1) is 0 Å². The fourth-order valence-corrected chi connectivity index (χ4v) is 1.82. The van der Waals surface area contributed by atoms with Crippen LogP contribution in [0.1, 0.15) is 27.2 Å². The van der Waals surface area contributed by atoms with E-state index in [1.807, 2.05) is 51.1 Å². The fraction of sp³-hybridized carbons (Fsp3) is 0.562. The number of nitrogens with zero attached hydrogens (tertiary/aromatic N) is 1. The smallest absolute Gasteiger partial charge is 0.414 e. The SMILES string of the molecule is CC(C)(C)OC(=O)N(CCCNCCO)c1ccccc1. The van der Waals surface area contributed by atoms with Crippen molar-refractivity contribution >= 4 is 11.8 Å². The summed E-state index contributed by atoms with van der Waals surface area (Å²) in [5.74, 6) is 0. The van der Waals surface area contributed by atoms with E-state index in [4.69, 9.17) is 9.84 Å². The Hall–Kier alpha value is -1.59. The number of carbonyl (C=O) groups excluding carboxylic acids is 1. The third-order valence-corrected chi connectivity index (χ3v) is 2.71. The van der Waals surface area contributed by atoms with Crippen LogP contribution in [0.15, 0.2) is 30.3 Å². The topological polar surface area (TPSA) is 61.8 Å². The van der Waals surface area contributed by atoms with Gasteiger partial charge in [-0.05, 0) is 45.9 Å². The molecule has 2 N–H and O–H groups in total. The molecule has 0 aliphatic rings. The molecule has 5 heteroatoms. The highest BCUT2D eigenvalue weighted by Gasteiger charge is 2.22. The van der Waals surface area contributed by atoms with E-state index in [2.05, 4.69) is 5.32 Å². The Kier molecular flexibility index (Phi) is 7.19. The van der Waals surface area contributed by atoms with Crippen molar-refractivity contribution in [1.29, 1.82) is 0 Å². The zero-order valence-electron chi connectivity index (χ0n) is 13.1. The van der Waals surface area contributed by atoms with Gasteiger partial charge in [0.2, 0.25) is 0 Å². The number of hydrogen-bond acceptors (Lipinski definition) is 4. The second kappa shape index (κ2) is 8.64. The molecule has 0 bridgehead atoms. The average Bonchev–Trinajstić information content (AvgIpc) is 2.41. The molecule has 0 aliphatic carbocycles. The Labute approximate surface area is 126 Å². The lowest BCUT2D eigenvalue weighted by Crippen LogP contribution is -2.38. The van der Waals surface area contributed by atoms with Crippen LogP contribution in [-0.4, -0.2) is 43.0 Å². The van der Waals surface area contributed by atoms with Crippen LogP contribution < -0.4 is 10.2 Å². The van der Waals surface area contributed by atoms with Crippen LogP contribution >= 0.6 is 0 Å². The molecule has 1 aromatic carbocycles. The maximum atomic E-state index is 12.3. The van der Waals surface area contributed by atoms with Crippen molar-refractivity contribution in [3.63, 3.8) is 0 Å². The van der Waals surface area contributed by atoms with Crippen LogP contribution in [0.25, 0.3) is 0 Å². The summed E-state index contributed by atoms with van der Waals surface area (Å²) in [6.45, 7) is 7.57. The molecule has 1 rings (SSSR count). The third kappa shape index (κ3) is 7.11. The van der Waals surface area contributed by atoms with Gasteiger partial charge in [-0.2, -0.15) is 0 Å². The molecule has 0 radical (unpaired) electrons. The van der Waals surface area contributed by atoms with Crippen LogP contribution in [0.5, 0.6) is 0 Å². The van der Waals surface area contributed by atoms with Gasteiger partial charge in [-0.25, -0.2) is 4.79 Å². The van der Waals surface area contributed by atoms with Gasteiger partial charge in [0.15, 0.2) is 0 Å². The molecule has 118 valence electrons. The maximum Gasteiger partial charge on any atom is 0.414 e. The van der Waals surface area contributed by atoms with Crippen molar-refractivity contribution in [3.8, 4) is 0 Å². The van der Waals surface area contributed by atoms with Gasteiger partial charge in [-0.15, -0.1) is 0 Å². The Morgan fingerprint density at radius 3 is 2.48 bits per heavy atom. The number of carbonyl (C=O) groups is 1. The van der Waals surface area contributed by atoms with Crippen molar-refractivity contribution in [2.24, 2.45) is 0 Å². The highest BCUT2D eigenvalue weighted by molar-refractivity contribution is 5.87. The highest BCUT2D eigenvalue weighted by atomic mass is 16.6. The number of ether oxygens (including phenoxy) is 1. The molecule has 1 aromatic rings. The zero-order valence-corrected chi connectivity index (χ0v) is 13.1. The predicted molar refractivity (Wildman–Crippen MR) is 84.6 cm³/mol. The summed E-state index contributed by atoms with van der Waals surface area (Å²) < 4.78 is 5.46. The molecule has 21 heavy (non-hydrogen) atoms. The number of aliphatic hydroxyl groups excluding tert-OH is 1. The lowest BCUT2D eigenvalue weighted by Gasteiger charge is -2.27. The largest absolute Gasteiger partial charge is 0.443 e. The lowest BCUT2D eigenvalue weighted by atomic mass is 10.2. The molecule has 0 saturated heterocycles. The summed E-state index contributed by atoms with van der Waals surface area (Å²) in [6.07, 6.45) is 0.449. The number of para-hydroxylation sites is 1. The molecule has 0 atom stereocenters. The average molecular weight is 294 g/mol. The lowest BCUT2D eigenvalue weighted by molar-refractivity contribution is 0.0580. The van der Waals surface area contributed by atoms with Gasteiger partial charge in [-0.3, -0.25) is 4.90 Å². The second-order valence-electron chi connectivity index (χ2n) is 5.79. The molecule has 1 amide bonds. The molecule has 0 spiro atoms. The van der Waals surface area contributed by atoms with E-state index < -0.39 is 5.60 Å². The summed E-state index contributed by atoms with van der Waals surface area (Å²) in [5.41, 5.74) is 0.313. The van der Waals surface area contributed by atoms with Gasteiger partial charge in [0.05, 0.1) is 6.61 Å². The highest BCUT2D eigenvalue weighted by Crippen LogP contribution is 2.18. The van der Waals surface area contributed by atoms with Crippen molar-refractivity contribution in [1.82, 2.24) is 5.32 Å². The van der Waals surface area contributed by atoms with E-state index in [-0.39, 0.29) is 12.7 Å². The number of nitrogens with one attached hydrogen (secondary N) is 1. The quantitative estimate of drug-likeness (QED) is 0.758. The van der Waals surface area contributed by atoms with E-state index in [0.717, 1.165) is 18.7 Å². The number of aliphatic hydroxyl groups is 1. The van der Waals surface area contributed by atoms with Gasteiger partial charge in [0, 0.05) is 18.8 Å². The summed E-state index contributed by atoms with van der Waals surface area (Å²) >= 11 is 0. The van der Waals surface area contributed by atoms with Crippen LogP contribution in [0.4, 0.5) is 10.5 Å². The van der Waals surface area contributed by atoms with E-state index in [0.29, 0.717) is 13.1 Å². The Balaban J connectivity index is 2.65. The molecule has 0 heterocycles. The first kappa shape index (κ1) is 17.5. The molecular weight excluding hydrogens is 268 g/mol. The van der Waals surface area contributed by atoms with Gasteiger partial charge in [0.25, 0.3) is 0 Å². The van der Waals surface area contributed by atoms with Gasteiger partial charge < -0.3 is 15.2 Å². The van der Waals surface area contributed by atoms with E-state index in [1.165, 1.54) is 0 Å². The maximum absolute atomic E-state index is 12.3. The first-order chi connectivity index (χ1) is 9.94. The van der Waals surface area contributed by atoms with Crippen LogP contribution in [-0.2, 0) is 4.74 Å². The van der Waals surface area contributed by atoms with Gasteiger partial charge in [0.1, 0.15) is 5.60 Å². The fourth-order valence-electron chi connectivity index (χ4n) is 1.82. The monoisotopic (exact) mass is 294 g/mol. The van der Waals surface area contributed by atoms with E-state index in [1.54, 1.807) is 4.90 Å². The van der Waals surface area contributed by atoms with Crippen LogP contribution in [0.2, 0.25) is 0 Å². The molecule has 0 fully saturated rings. The first-order valence-electron chi connectivity index (χ1n) is 7.31. The van der Waals surface area contributed by atoms with Crippen molar-refractivity contribution < 1.29 is 14.6 Å².